The first-order chi connectivity index (χ1) is 20.0. The Hall–Kier alpha value is -4.37. The standard InChI is InChI=1S/C32H32F2N4O3/c33-25-14-24(15-26(34)16-25)27-17-29(27)36-13-5-4-8-28(38-32(40)30-19-35-20-41-30)31(39)37-18-21-9-11-23(12-10-21)22-6-2-1-3-7-22/h1-3,6-7,9-12,14-16,19-20,27-29,36H,4-5,8,13,17-18H2,(H,37,39)(H,38,40). The quantitative estimate of drug-likeness (QED) is 0.192. The minimum atomic E-state index is -0.750. The lowest BCUT2D eigenvalue weighted by Gasteiger charge is -2.18. The zero-order valence-electron chi connectivity index (χ0n) is 22.5. The summed E-state index contributed by atoms with van der Waals surface area (Å²) < 4.78 is 32.1. The third kappa shape index (κ3) is 7.85. The Labute approximate surface area is 237 Å². The number of oxazole rings is 1. The normalized spacial score (nSPS) is 16.6. The topological polar surface area (TPSA) is 96.3 Å². The van der Waals surface area contributed by atoms with Crippen LogP contribution < -0.4 is 16.0 Å². The Bertz CT molecular complexity index is 1430. The van der Waals surface area contributed by atoms with E-state index in [1.807, 2.05) is 54.6 Å². The van der Waals surface area contributed by atoms with Gasteiger partial charge in [-0.25, -0.2) is 13.8 Å². The van der Waals surface area contributed by atoms with E-state index in [-0.39, 0.29) is 23.6 Å². The molecule has 3 atom stereocenters. The summed E-state index contributed by atoms with van der Waals surface area (Å²) in [5.74, 6) is -1.78. The molecule has 0 bridgehead atoms. The number of aromatic nitrogens is 1. The fraction of sp³-hybridized carbons (Fsp3) is 0.281. The van der Waals surface area contributed by atoms with Gasteiger partial charge in [-0.05, 0) is 66.6 Å². The van der Waals surface area contributed by atoms with Crippen molar-refractivity contribution >= 4 is 11.8 Å². The van der Waals surface area contributed by atoms with Gasteiger partial charge in [-0.2, -0.15) is 0 Å². The van der Waals surface area contributed by atoms with Crippen molar-refractivity contribution < 1.29 is 22.8 Å². The maximum atomic E-state index is 13.5. The first-order valence-electron chi connectivity index (χ1n) is 13.8. The highest BCUT2D eigenvalue weighted by Crippen LogP contribution is 2.41. The van der Waals surface area contributed by atoms with E-state index >= 15 is 0 Å². The Kier molecular flexibility index (Phi) is 9.15. The molecule has 0 radical (unpaired) electrons. The molecule has 3 N–H and O–H groups in total. The van der Waals surface area contributed by atoms with Crippen LogP contribution in [0.5, 0.6) is 0 Å². The molecule has 3 aromatic carbocycles. The van der Waals surface area contributed by atoms with E-state index in [9.17, 15) is 18.4 Å². The van der Waals surface area contributed by atoms with E-state index in [1.54, 1.807) is 0 Å². The van der Waals surface area contributed by atoms with E-state index in [0.717, 1.165) is 42.0 Å². The van der Waals surface area contributed by atoms with E-state index < -0.39 is 23.6 Å². The van der Waals surface area contributed by atoms with Crippen molar-refractivity contribution in [3.8, 4) is 11.1 Å². The highest BCUT2D eigenvalue weighted by atomic mass is 19.1. The molecule has 5 rings (SSSR count). The van der Waals surface area contributed by atoms with Gasteiger partial charge in [0.15, 0.2) is 6.39 Å². The van der Waals surface area contributed by atoms with Crippen LogP contribution >= 0.6 is 0 Å². The van der Waals surface area contributed by atoms with Gasteiger partial charge in [0.25, 0.3) is 5.91 Å². The number of hydrogen-bond acceptors (Lipinski definition) is 5. The molecule has 1 fully saturated rings. The highest BCUT2D eigenvalue weighted by Gasteiger charge is 2.38. The number of carbonyl (C=O) groups excluding carboxylic acids is 2. The lowest BCUT2D eigenvalue weighted by atomic mass is 10.0. The zero-order chi connectivity index (χ0) is 28.6. The van der Waals surface area contributed by atoms with Crippen molar-refractivity contribution in [3.63, 3.8) is 0 Å². The summed E-state index contributed by atoms with van der Waals surface area (Å²) in [4.78, 5) is 29.4. The van der Waals surface area contributed by atoms with Gasteiger partial charge in [0, 0.05) is 24.6 Å². The van der Waals surface area contributed by atoms with Gasteiger partial charge in [-0.1, -0.05) is 54.6 Å². The molecule has 1 aliphatic carbocycles. The number of rotatable bonds is 13. The van der Waals surface area contributed by atoms with Crippen LogP contribution in [0.25, 0.3) is 11.1 Å². The van der Waals surface area contributed by atoms with Crippen LogP contribution in [0, 0.1) is 11.6 Å². The van der Waals surface area contributed by atoms with E-state index in [0.29, 0.717) is 31.5 Å². The van der Waals surface area contributed by atoms with E-state index in [2.05, 4.69) is 20.9 Å². The molecule has 212 valence electrons. The van der Waals surface area contributed by atoms with Crippen LogP contribution in [0.15, 0.2) is 89.8 Å². The van der Waals surface area contributed by atoms with Gasteiger partial charge in [0.05, 0.1) is 6.20 Å². The largest absolute Gasteiger partial charge is 0.438 e. The number of nitrogens with one attached hydrogen (secondary N) is 3. The number of halogens is 2. The van der Waals surface area contributed by atoms with Crippen LogP contribution in [0.3, 0.4) is 0 Å². The van der Waals surface area contributed by atoms with Gasteiger partial charge in [0.1, 0.15) is 17.7 Å². The molecule has 0 spiro atoms. The van der Waals surface area contributed by atoms with Gasteiger partial charge in [0.2, 0.25) is 11.7 Å². The third-order valence-corrected chi connectivity index (χ3v) is 7.24. The average molecular weight is 559 g/mol. The predicted molar refractivity (Wildman–Crippen MR) is 151 cm³/mol. The molecule has 0 saturated heterocycles. The molecule has 1 aliphatic rings. The number of carbonyl (C=O) groups is 2. The SMILES string of the molecule is O=C(NC(CCCCNC1CC1c1cc(F)cc(F)c1)C(=O)NCc1ccc(-c2ccccc2)cc1)c1cnco1. The number of unbranched alkanes of at least 4 members (excludes halogenated alkanes) is 1. The second-order valence-corrected chi connectivity index (χ2v) is 10.3. The Balaban J connectivity index is 1.10. The van der Waals surface area contributed by atoms with Crippen LogP contribution in [0.4, 0.5) is 8.78 Å². The molecular weight excluding hydrogens is 526 g/mol. The minimum absolute atomic E-state index is 0.0366. The number of hydrogen-bond donors (Lipinski definition) is 3. The average Bonchev–Trinajstić information content (AvgIpc) is 3.54. The Morgan fingerprint density at radius 3 is 2.39 bits per heavy atom. The molecule has 9 heteroatoms. The molecule has 1 heterocycles. The number of amides is 2. The van der Waals surface area contributed by atoms with Crippen LogP contribution in [-0.4, -0.2) is 35.4 Å². The second kappa shape index (κ2) is 13.3. The highest BCUT2D eigenvalue weighted by molar-refractivity contribution is 5.95. The molecule has 0 aliphatic heterocycles. The number of benzene rings is 3. The van der Waals surface area contributed by atoms with Crippen molar-refractivity contribution in [2.75, 3.05) is 6.54 Å². The van der Waals surface area contributed by atoms with Crippen LogP contribution in [-0.2, 0) is 11.3 Å². The summed E-state index contributed by atoms with van der Waals surface area (Å²) in [5, 5.41) is 9.11. The van der Waals surface area contributed by atoms with Gasteiger partial charge < -0.3 is 20.4 Å². The van der Waals surface area contributed by atoms with Crippen molar-refractivity contribution in [3.05, 3.63) is 114 Å². The predicted octanol–water partition coefficient (Wildman–Crippen LogP) is 5.35. The van der Waals surface area contributed by atoms with Gasteiger partial charge >= 0.3 is 0 Å². The molecule has 41 heavy (non-hydrogen) atoms. The van der Waals surface area contributed by atoms with Crippen LogP contribution in [0.2, 0.25) is 0 Å². The van der Waals surface area contributed by atoms with Crippen molar-refractivity contribution in [2.24, 2.45) is 0 Å². The monoisotopic (exact) mass is 558 g/mol. The van der Waals surface area contributed by atoms with Gasteiger partial charge in [-0.15, -0.1) is 0 Å². The smallest absolute Gasteiger partial charge is 0.289 e. The van der Waals surface area contributed by atoms with Crippen molar-refractivity contribution in [1.82, 2.24) is 20.9 Å². The summed E-state index contributed by atoms with van der Waals surface area (Å²) >= 11 is 0. The lowest BCUT2D eigenvalue weighted by Crippen LogP contribution is -2.46. The van der Waals surface area contributed by atoms with Crippen molar-refractivity contribution in [1.29, 1.82) is 0 Å². The fourth-order valence-electron chi connectivity index (χ4n) is 4.92. The first kappa shape index (κ1) is 28.2. The van der Waals surface area contributed by atoms with Gasteiger partial charge in [-0.3, -0.25) is 9.59 Å². The molecule has 1 saturated carbocycles. The maximum absolute atomic E-state index is 13.5. The molecule has 3 unspecified atom stereocenters. The fourth-order valence-corrected chi connectivity index (χ4v) is 4.92. The summed E-state index contributed by atoms with van der Waals surface area (Å²) in [6, 6.07) is 21.1. The van der Waals surface area contributed by atoms with E-state index in [4.69, 9.17) is 4.42 Å². The number of nitrogens with zero attached hydrogens (tertiary/aromatic N) is 1. The summed E-state index contributed by atoms with van der Waals surface area (Å²) in [5.41, 5.74) is 3.82. The lowest BCUT2D eigenvalue weighted by molar-refractivity contribution is -0.123. The first-order valence-corrected chi connectivity index (χ1v) is 13.8. The maximum Gasteiger partial charge on any atom is 0.289 e. The Morgan fingerprint density at radius 2 is 1.68 bits per heavy atom. The molecule has 2 amide bonds. The molecule has 7 nitrogen and oxygen atoms in total. The summed E-state index contributed by atoms with van der Waals surface area (Å²) in [6.07, 6.45) is 5.18. The second-order valence-electron chi connectivity index (χ2n) is 10.3. The molecular formula is C32H32F2N4O3. The van der Waals surface area contributed by atoms with Crippen molar-refractivity contribution in [2.45, 2.75) is 50.2 Å². The van der Waals surface area contributed by atoms with Crippen LogP contribution in [0.1, 0.15) is 53.3 Å². The minimum Gasteiger partial charge on any atom is -0.438 e. The third-order valence-electron chi connectivity index (χ3n) is 7.24. The molecule has 1 aromatic heterocycles. The van der Waals surface area contributed by atoms with E-state index in [1.165, 1.54) is 18.3 Å². The zero-order valence-corrected chi connectivity index (χ0v) is 22.5. The summed E-state index contributed by atoms with van der Waals surface area (Å²) in [6.45, 7) is 1.02. The molecule has 4 aromatic rings. The summed E-state index contributed by atoms with van der Waals surface area (Å²) in [7, 11) is 0. The Morgan fingerprint density at radius 1 is 0.951 bits per heavy atom.